The first kappa shape index (κ1) is 25.2. The van der Waals surface area contributed by atoms with Crippen LogP contribution in [-0.4, -0.2) is 42.1 Å². The van der Waals surface area contributed by atoms with Crippen molar-refractivity contribution in [3.63, 3.8) is 0 Å². The Labute approximate surface area is 191 Å². The number of hydrogen-bond acceptors (Lipinski definition) is 5. The molecular weight excluding hydrogens is 459 g/mol. The molecule has 0 radical (unpaired) electrons. The zero-order chi connectivity index (χ0) is 24.6. The largest absolute Gasteiger partial charge is 0.465 e. The lowest BCUT2D eigenvalue weighted by Gasteiger charge is -2.31. The Morgan fingerprint density at radius 1 is 1.30 bits per heavy atom. The molecule has 1 unspecified atom stereocenters. The summed E-state index contributed by atoms with van der Waals surface area (Å²) in [4.78, 5) is 11.5. The molecule has 33 heavy (non-hydrogen) atoms. The normalized spacial score (nSPS) is 16.8. The molecule has 182 valence electrons. The van der Waals surface area contributed by atoms with E-state index in [0.29, 0.717) is 36.5 Å². The van der Waals surface area contributed by atoms with E-state index in [1.54, 1.807) is 20.8 Å². The summed E-state index contributed by atoms with van der Waals surface area (Å²) in [7, 11) is -2.87. The van der Waals surface area contributed by atoms with E-state index in [2.05, 4.69) is 5.10 Å². The predicted octanol–water partition coefficient (Wildman–Crippen LogP) is 4.29. The van der Waals surface area contributed by atoms with Crippen LogP contribution in [0.1, 0.15) is 68.0 Å². The fourth-order valence-electron chi connectivity index (χ4n) is 4.04. The highest BCUT2D eigenvalue weighted by Gasteiger charge is 2.37. The number of esters is 1. The van der Waals surface area contributed by atoms with Gasteiger partial charge in [-0.3, -0.25) is 9.48 Å². The second kappa shape index (κ2) is 9.46. The van der Waals surface area contributed by atoms with Gasteiger partial charge < -0.3 is 4.74 Å². The molecule has 0 bridgehead atoms. The van der Waals surface area contributed by atoms with Crippen LogP contribution in [0.4, 0.5) is 13.2 Å². The van der Waals surface area contributed by atoms with Crippen LogP contribution >= 0.6 is 0 Å². The summed E-state index contributed by atoms with van der Waals surface area (Å²) in [6.45, 7) is 5.27. The Balaban J connectivity index is 1.98. The number of fused-ring (bicyclic) bond motifs is 1. The first-order chi connectivity index (χ1) is 15.4. The van der Waals surface area contributed by atoms with Crippen LogP contribution in [0.2, 0.25) is 0 Å². The zero-order valence-electron chi connectivity index (χ0n) is 19.0. The number of nitrogens with zero attached hydrogens (tertiary/aromatic N) is 3. The van der Waals surface area contributed by atoms with Gasteiger partial charge in [-0.05, 0) is 55.9 Å². The van der Waals surface area contributed by atoms with E-state index in [4.69, 9.17) is 4.74 Å². The van der Waals surface area contributed by atoms with Gasteiger partial charge in [0.2, 0.25) is 10.0 Å². The Kier molecular flexibility index (Phi) is 7.23. The number of halogens is 3. The number of hydrogen-bond donors (Lipinski definition) is 0. The van der Waals surface area contributed by atoms with Crippen molar-refractivity contribution in [1.82, 2.24) is 14.1 Å². The molecule has 1 aliphatic rings. The van der Waals surface area contributed by atoms with Crippen molar-refractivity contribution in [2.24, 2.45) is 0 Å². The maximum Gasteiger partial charge on any atom is 0.416 e. The van der Waals surface area contributed by atoms with Crippen LogP contribution in [0.3, 0.4) is 0 Å². The SMILES string of the molecule is CCOC(=O)Cn1ncc2c1CCCC2N(C)S(=O)(=O)c1cc(C(C)C)cc(C(F)(F)F)c1. The van der Waals surface area contributed by atoms with Gasteiger partial charge in [-0.25, -0.2) is 8.42 Å². The molecule has 1 aromatic carbocycles. The Morgan fingerprint density at radius 3 is 2.61 bits per heavy atom. The molecule has 0 fully saturated rings. The first-order valence-corrected chi connectivity index (χ1v) is 12.2. The lowest BCUT2D eigenvalue weighted by molar-refractivity contribution is -0.144. The average Bonchev–Trinajstić information content (AvgIpc) is 3.15. The minimum atomic E-state index is -4.67. The topological polar surface area (TPSA) is 81.5 Å². The minimum Gasteiger partial charge on any atom is -0.465 e. The highest BCUT2D eigenvalue weighted by atomic mass is 32.2. The van der Waals surface area contributed by atoms with Crippen LogP contribution < -0.4 is 0 Å². The number of ether oxygens (including phenoxy) is 1. The van der Waals surface area contributed by atoms with Gasteiger partial charge in [-0.2, -0.15) is 22.6 Å². The van der Waals surface area contributed by atoms with Gasteiger partial charge >= 0.3 is 12.1 Å². The van der Waals surface area contributed by atoms with Crippen LogP contribution in [0.15, 0.2) is 29.3 Å². The molecule has 0 amide bonds. The van der Waals surface area contributed by atoms with E-state index < -0.39 is 38.7 Å². The van der Waals surface area contributed by atoms with Crippen molar-refractivity contribution < 1.29 is 31.1 Å². The van der Waals surface area contributed by atoms with Gasteiger partial charge in [0.15, 0.2) is 0 Å². The summed E-state index contributed by atoms with van der Waals surface area (Å²) in [5.41, 5.74) is 0.677. The minimum absolute atomic E-state index is 0.0856. The standard InChI is InChI=1S/C22H28F3N3O4S/c1-5-32-21(29)13-28-20-8-6-7-19(18(20)12-26-28)27(4)33(30,31)17-10-15(14(2)3)9-16(11-17)22(23,24)25/h9-12,14,19H,5-8,13H2,1-4H3. The van der Waals surface area contributed by atoms with E-state index in [1.165, 1.54) is 24.0 Å². The predicted molar refractivity (Wildman–Crippen MR) is 115 cm³/mol. The molecule has 1 aromatic heterocycles. The molecular formula is C22H28F3N3O4S. The smallest absolute Gasteiger partial charge is 0.416 e. The van der Waals surface area contributed by atoms with Gasteiger partial charge in [-0.1, -0.05) is 13.8 Å². The van der Waals surface area contributed by atoms with Gasteiger partial charge in [0.05, 0.1) is 29.3 Å². The number of benzene rings is 1. The quantitative estimate of drug-likeness (QED) is 0.545. The Morgan fingerprint density at radius 2 is 2.00 bits per heavy atom. The van der Waals surface area contributed by atoms with Crippen molar-refractivity contribution in [3.05, 3.63) is 46.8 Å². The van der Waals surface area contributed by atoms with Gasteiger partial charge in [0, 0.05) is 18.3 Å². The Hall–Kier alpha value is -2.40. The van der Waals surface area contributed by atoms with Crippen molar-refractivity contribution in [2.75, 3.05) is 13.7 Å². The third kappa shape index (κ3) is 5.24. The molecule has 0 aliphatic heterocycles. The molecule has 2 aromatic rings. The summed E-state index contributed by atoms with van der Waals surface area (Å²) in [6.07, 6.45) is -1.40. The lowest BCUT2D eigenvalue weighted by atomic mass is 9.93. The zero-order valence-corrected chi connectivity index (χ0v) is 19.8. The summed E-state index contributed by atoms with van der Waals surface area (Å²) < 4.78 is 74.8. The van der Waals surface area contributed by atoms with Gasteiger partial charge in [0.1, 0.15) is 6.54 Å². The van der Waals surface area contributed by atoms with E-state index in [9.17, 15) is 26.4 Å². The molecule has 3 rings (SSSR count). The summed E-state index contributed by atoms with van der Waals surface area (Å²) in [5, 5.41) is 4.24. The number of aromatic nitrogens is 2. The maximum absolute atomic E-state index is 13.5. The molecule has 0 N–H and O–H groups in total. The molecule has 0 spiro atoms. The highest BCUT2D eigenvalue weighted by Crippen LogP contribution is 2.38. The van der Waals surface area contributed by atoms with Crippen LogP contribution in [0.5, 0.6) is 0 Å². The van der Waals surface area contributed by atoms with Crippen molar-refractivity contribution in [1.29, 1.82) is 0 Å². The fourth-order valence-corrected chi connectivity index (χ4v) is 5.49. The molecule has 1 aliphatic carbocycles. The second-order valence-electron chi connectivity index (χ2n) is 8.38. The summed E-state index contributed by atoms with van der Waals surface area (Å²) >= 11 is 0. The van der Waals surface area contributed by atoms with E-state index in [1.807, 2.05) is 0 Å². The number of carbonyl (C=O) groups excluding carboxylic acids is 1. The molecule has 7 nitrogen and oxygen atoms in total. The van der Waals surface area contributed by atoms with Gasteiger partial charge in [0.25, 0.3) is 0 Å². The van der Waals surface area contributed by atoms with Crippen molar-refractivity contribution >= 4 is 16.0 Å². The molecule has 11 heteroatoms. The average molecular weight is 488 g/mol. The number of alkyl halides is 3. The van der Waals surface area contributed by atoms with Crippen LogP contribution in [0.25, 0.3) is 0 Å². The molecule has 0 saturated heterocycles. The number of carbonyl (C=O) groups is 1. The summed E-state index contributed by atoms with van der Waals surface area (Å²) in [5.74, 6) is -0.731. The molecule has 1 heterocycles. The van der Waals surface area contributed by atoms with E-state index in [0.717, 1.165) is 16.1 Å². The van der Waals surface area contributed by atoms with Crippen molar-refractivity contribution in [2.45, 2.75) is 69.6 Å². The number of sulfonamides is 1. The number of rotatable bonds is 7. The van der Waals surface area contributed by atoms with Crippen molar-refractivity contribution in [3.8, 4) is 0 Å². The van der Waals surface area contributed by atoms with Gasteiger partial charge in [-0.15, -0.1) is 0 Å². The fraction of sp³-hybridized carbons (Fsp3) is 0.545. The second-order valence-corrected chi connectivity index (χ2v) is 10.4. The highest BCUT2D eigenvalue weighted by molar-refractivity contribution is 7.89. The third-order valence-corrected chi connectivity index (χ3v) is 7.70. The maximum atomic E-state index is 13.5. The third-order valence-electron chi connectivity index (χ3n) is 5.85. The first-order valence-electron chi connectivity index (χ1n) is 10.8. The lowest BCUT2D eigenvalue weighted by Crippen LogP contribution is -2.33. The van der Waals surface area contributed by atoms with E-state index in [-0.39, 0.29) is 19.1 Å². The van der Waals surface area contributed by atoms with Crippen LogP contribution in [-0.2, 0) is 38.7 Å². The summed E-state index contributed by atoms with van der Waals surface area (Å²) in [6, 6.07) is 2.37. The molecule has 0 saturated carbocycles. The monoisotopic (exact) mass is 487 g/mol. The Bertz CT molecular complexity index is 1130. The molecule has 1 atom stereocenters. The van der Waals surface area contributed by atoms with Crippen LogP contribution in [0, 0.1) is 0 Å². The van der Waals surface area contributed by atoms with E-state index >= 15 is 0 Å².